The summed E-state index contributed by atoms with van der Waals surface area (Å²) in [7, 11) is 0. The van der Waals surface area contributed by atoms with Gasteiger partial charge < -0.3 is 4.74 Å². The van der Waals surface area contributed by atoms with E-state index in [4.69, 9.17) is 4.74 Å². The lowest BCUT2D eigenvalue weighted by molar-refractivity contribution is 0.108. The lowest BCUT2D eigenvalue weighted by Crippen LogP contribution is -2.00. The summed E-state index contributed by atoms with van der Waals surface area (Å²) in [5.41, 5.74) is 0. The third-order valence-electron chi connectivity index (χ3n) is 1.48. The zero-order chi connectivity index (χ0) is 5.11. The Hall–Kier alpha value is 0.250. The molecule has 1 unspecified atom stereocenters. The van der Waals surface area contributed by atoms with Crippen molar-refractivity contribution in [2.75, 3.05) is 6.61 Å². The summed E-state index contributed by atoms with van der Waals surface area (Å²) in [5.74, 6) is 0. The largest absolute Gasteiger partial charge is 0.378 e. The third-order valence-corrected chi connectivity index (χ3v) is 1.48. The molecule has 1 saturated heterocycles. The van der Waals surface area contributed by atoms with Gasteiger partial charge in [-0.2, -0.15) is 0 Å². The first-order valence-corrected chi connectivity index (χ1v) is 3.05. The van der Waals surface area contributed by atoms with Gasteiger partial charge in [-0.15, -0.1) is 12.4 Å². The first kappa shape index (κ1) is 8.25. The second-order valence-electron chi connectivity index (χ2n) is 2.04. The predicted molar refractivity (Wildman–Crippen MR) is 36.5 cm³/mol. The summed E-state index contributed by atoms with van der Waals surface area (Å²) in [5, 5.41) is 0. The highest BCUT2D eigenvalue weighted by molar-refractivity contribution is 5.85. The van der Waals surface area contributed by atoms with Crippen molar-refractivity contribution in [2.24, 2.45) is 0 Å². The lowest BCUT2D eigenvalue weighted by atomic mass is 10.2. The van der Waals surface area contributed by atoms with Gasteiger partial charge in [0.2, 0.25) is 0 Å². The SMILES string of the molecule is CCC1CCCO1.Cl. The van der Waals surface area contributed by atoms with Crippen LogP contribution in [0.1, 0.15) is 26.2 Å². The smallest absolute Gasteiger partial charge is 0.0573 e. The van der Waals surface area contributed by atoms with Crippen LogP contribution in [-0.2, 0) is 4.74 Å². The molecular formula is C6H13ClO. The Kier molecular flexibility index (Phi) is 4.29. The molecule has 0 radical (unpaired) electrons. The maximum atomic E-state index is 5.30. The monoisotopic (exact) mass is 136 g/mol. The minimum absolute atomic E-state index is 0. The molecule has 1 atom stereocenters. The van der Waals surface area contributed by atoms with Crippen LogP contribution in [0.3, 0.4) is 0 Å². The Morgan fingerprint density at radius 2 is 2.38 bits per heavy atom. The minimum atomic E-state index is 0. The quantitative estimate of drug-likeness (QED) is 0.536. The number of rotatable bonds is 1. The molecule has 0 aromatic carbocycles. The highest BCUT2D eigenvalue weighted by Gasteiger charge is 2.11. The molecule has 1 rings (SSSR count). The molecule has 50 valence electrons. The van der Waals surface area contributed by atoms with E-state index >= 15 is 0 Å². The van der Waals surface area contributed by atoms with Gasteiger partial charge in [0.05, 0.1) is 6.10 Å². The van der Waals surface area contributed by atoms with E-state index in [9.17, 15) is 0 Å². The fraction of sp³-hybridized carbons (Fsp3) is 1.00. The standard InChI is InChI=1S/C6H12O.ClH/c1-2-6-4-3-5-7-6;/h6H,2-5H2,1H3;1H. The fourth-order valence-electron chi connectivity index (χ4n) is 0.966. The predicted octanol–water partition coefficient (Wildman–Crippen LogP) is 2.00. The van der Waals surface area contributed by atoms with Crippen molar-refractivity contribution in [2.45, 2.75) is 32.3 Å². The molecule has 1 heterocycles. The second-order valence-corrected chi connectivity index (χ2v) is 2.04. The summed E-state index contributed by atoms with van der Waals surface area (Å²) in [6.45, 7) is 3.18. The van der Waals surface area contributed by atoms with Gasteiger partial charge in [0, 0.05) is 6.61 Å². The Labute approximate surface area is 56.8 Å². The Morgan fingerprint density at radius 1 is 1.62 bits per heavy atom. The molecule has 0 N–H and O–H groups in total. The van der Waals surface area contributed by atoms with E-state index in [2.05, 4.69) is 6.92 Å². The number of hydrogen-bond donors (Lipinski definition) is 0. The Balaban J connectivity index is 0.000000490. The van der Waals surface area contributed by atoms with Crippen LogP contribution in [0, 0.1) is 0 Å². The van der Waals surface area contributed by atoms with Gasteiger partial charge in [0.25, 0.3) is 0 Å². The molecule has 1 aliphatic rings. The van der Waals surface area contributed by atoms with Crippen LogP contribution in [0.4, 0.5) is 0 Å². The second kappa shape index (κ2) is 4.16. The van der Waals surface area contributed by atoms with Gasteiger partial charge in [-0.25, -0.2) is 0 Å². The molecule has 0 aliphatic carbocycles. The third kappa shape index (κ3) is 2.01. The van der Waals surface area contributed by atoms with Gasteiger partial charge in [0.1, 0.15) is 0 Å². The average Bonchev–Trinajstić information content (AvgIpc) is 2.14. The van der Waals surface area contributed by atoms with E-state index < -0.39 is 0 Å². The zero-order valence-corrected chi connectivity index (χ0v) is 6.04. The molecule has 8 heavy (non-hydrogen) atoms. The number of hydrogen-bond acceptors (Lipinski definition) is 1. The van der Waals surface area contributed by atoms with Crippen molar-refractivity contribution in [1.82, 2.24) is 0 Å². The van der Waals surface area contributed by atoms with Crippen molar-refractivity contribution in [1.29, 1.82) is 0 Å². The van der Waals surface area contributed by atoms with Gasteiger partial charge in [-0.1, -0.05) is 6.92 Å². The summed E-state index contributed by atoms with van der Waals surface area (Å²) >= 11 is 0. The Bertz CT molecular complexity index is 50.5. The van der Waals surface area contributed by atoms with Gasteiger partial charge >= 0.3 is 0 Å². The first-order valence-electron chi connectivity index (χ1n) is 3.05. The Morgan fingerprint density at radius 3 is 2.62 bits per heavy atom. The molecule has 1 nitrogen and oxygen atoms in total. The lowest BCUT2D eigenvalue weighted by Gasteiger charge is -2.01. The molecule has 0 aromatic rings. The summed E-state index contributed by atoms with van der Waals surface area (Å²) in [6, 6.07) is 0. The van der Waals surface area contributed by atoms with Crippen LogP contribution in [0.2, 0.25) is 0 Å². The molecular weight excluding hydrogens is 124 g/mol. The summed E-state index contributed by atoms with van der Waals surface area (Å²) in [6.07, 6.45) is 4.36. The van der Waals surface area contributed by atoms with E-state index in [1.54, 1.807) is 0 Å². The van der Waals surface area contributed by atoms with Crippen molar-refractivity contribution in [3.8, 4) is 0 Å². The molecule has 2 heteroatoms. The molecule has 0 bridgehead atoms. The highest BCUT2D eigenvalue weighted by atomic mass is 35.5. The van der Waals surface area contributed by atoms with Crippen molar-refractivity contribution < 1.29 is 4.74 Å². The van der Waals surface area contributed by atoms with E-state index in [0.717, 1.165) is 6.61 Å². The van der Waals surface area contributed by atoms with Gasteiger partial charge in [0.15, 0.2) is 0 Å². The van der Waals surface area contributed by atoms with Crippen molar-refractivity contribution >= 4 is 12.4 Å². The maximum absolute atomic E-state index is 5.30. The van der Waals surface area contributed by atoms with E-state index in [0.29, 0.717) is 6.10 Å². The molecule has 0 aromatic heterocycles. The summed E-state index contributed by atoms with van der Waals surface area (Å²) in [4.78, 5) is 0. The normalized spacial score (nSPS) is 27.4. The minimum Gasteiger partial charge on any atom is -0.378 e. The van der Waals surface area contributed by atoms with Crippen LogP contribution >= 0.6 is 12.4 Å². The van der Waals surface area contributed by atoms with Crippen LogP contribution < -0.4 is 0 Å². The van der Waals surface area contributed by atoms with Crippen LogP contribution in [-0.4, -0.2) is 12.7 Å². The average molecular weight is 137 g/mol. The van der Waals surface area contributed by atoms with E-state index in [1.807, 2.05) is 0 Å². The van der Waals surface area contributed by atoms with Gasteiger partial charge in [-0.05, 0) is 19.3 Å². The zero-order valence-electron chi connectivity index (χ0n) is 5.22. The van der Waals surface area contributed by atoms with Crippen molar-refractivity contribution in [3.05, 3.63) is 0 Å². The van der Waals surface area contributed by atoms with Crippen molar-refractivity contribution in [3.63, 3.8) is 0 Å². The molecule has 1 aliphatic heterocycles. The molecule has 0 saturated carbocycles. The highest BCUT2D eigenvalue weighted by Crippen LogP contribution is 2.13. The van der Waals surface area contributed by atoms with Gasteiger partial charge in [-0.3, -0.25) is 0 Å². The summed E-state index contributed by atoms with van der Waals surface area (Å²) < 4.78 is 5.30. The number of ether oxygens (including phenoxy) is 1. The number of halogens is 1. The van der Waals surface area contributed by atoms with E-state index in [-0.39, 0.29) is 12.4 Å². The van der Waals surface area contributed by atoms with Crippen LogP contribution in [0.25, 0.3) is 0 Å². The van der Waals surface area contributed by atoms with Crippen LogP contribution in [0.15, 0.2) is 0 Å². The molecule has 0 amide bonds. The molecule has 1 fully saturated rings. The van der Waals surface area contributed by atoms with Crippen LogP contribution in [0.5, 0.6) is 0 Å². The maximum Gasteiger partial charge on any atom is 0.0573 e. The topological polar surface area (TPSA) is 9.23 Å². The molecule has 0 spiro atoms. The van der Waals surface area contributed by atoms with E-state index in [1.165, 1.54) is 19.3 Å². The first-order chi connectivity index (χ1) is 3.43. The fourth-order valence-corrected chi connectivity index (χ4v) is 0.966.